The fraction of sp³-hybridized carbons (Fsp3) is 0.429. The fourth-order valence-electron chi connectivity index (χ4n) is 1.74. The Hall–Kier alpha value is -1.90. The quantitative estimate of drug-likeness (QED) is 0.754. The van der Waals surface area contributed by atoms with E-state index in [2.05, 4.69) is 5.92 Å². The van der Waals surface area contributed by atoms with Crippen molar-refractivity contribution in [1.29, 1.82) is 0 Å². The van der Waals surface area contributed by atoms with Crippen LogP contribution in [0.25, 0.3) is 0 Å². The molecule has 104 valence electrons. The van der Waals surface area contributed by atoms with Gasteiger partial charge in [0.25, 0.3) is 0 Å². The summed E-state index contributed by atoms with van der Waals surface area (Å²) in [6, 6.07) is 3.60. The van der Waals surface area contributed by atoms with Gasteiger partial charge in [0.2, 0.25) is 5.75 Å². The van der Waals surface area contributed by atoms with Gasteiger partial charge in [0.1, 0.15) is 6.61 Å². The maximum atomic E-state index is 5.69. The molecule has 5 heteroatoms. The number of terminal acetylenes is 1. The van der Waals surface area contributed by atoms with E-state index in [4.69, 9.17) is 31.1 Å². The molecule has 1 aromatic rings. The van der Waals surface area contributed by atoms with Gasteiger partial charge in [0.15, 0.2) is 11.5 Å². The van der Waals surface area contributed by atoms with Crippen molar-refractivity contribution in [1.82, 2.24) is 0 Å². The van der Waals surface area contributed by atoms with Crippen molar-refractivity contribution in [3.05, 3.63) is 17.7 Å². The Morgan fingerprint density at radius 2 is 1.74 bits per heavy atom. The molecule has 0 radical (unpaired) electrons. The van der Waals surface area contributed by atoms with Gasteiger partial charge in [-0.25, -0.2) is 0 Å². The zero-order valence-corrected chi connectivity index (χ0v) is 11.4. The summed E-state index contributed by atoms with van der Waals surface area (Å²) in [5.74, 6) is 4.06. The summed E-state index contributed by atoms with van der Waals surface area (Å²) < 4.78 is 21.3. The third kappa shape index (κ3) is 3.53. The summed E-state index contributed by atoms with van der Waals surface area (Å²) in [5, 5.41) is 0. The maximum Gasteiger partial charge on any atom is 0.203 e. The van der Waals surface area contributed by atoms with Crippen molar-refractivity contribution in [2.24, 2.45) is 5.73 Å². The van der Waals surface area contributed by atoms with Crippen molar-refractivity contribution >= 4 is 0 Å². The monoisotopic (exact) mass is 265 g/mol. The average molecular weight is 265 g/mol. The SMILES string of the molecule is C#CCOC(CN)c1cc(OC)c(OC)c(OC)c1. The lowest BCUT2D eigenvalue weighted by Gasteiger charge is -2.19. The average Bonchev–Trinajstić information content (AvgIpc) is 2.46. The van der Waals surface area contributed by atoms with Crippen LogP contribution in [0.2, 0.25) is 0 Å². The van der Waals surface area contributed by atoms with Crippen LogP contribution in [-0.4, -0.2) is 34.5 Å². The highest BCUT2D eigenvalue weighted by Gasteiger charge is 2.18. The molecular formula is C14H19NO4. The van der Waals surface area contributed by atoms with Gasteiger partial charge in [-0.3, -0.25) is 0 Å². The maximum absolute atomic E-state index is 5.69. The first-order valence-corrected chi connectivity index (χ1v) is 5.76. The lowest BCUT2D eigenvalue weighted by molar-refractivity contribution is 0.0841. The van der Waals surface area contributed by atoms with Crippen LogP contribution < -0.4 is 19.9 Å². The predicted molar refractivity (Wildman–Crippen MR) is 72.7 cm³/mol. The number of hydrogen-bond acceptors (Lipinski definition) is 5. The van der Waals surface area contributed by atoms with Gasteiger partial charge < -0.3 is 24.7 Å². The zero-order chi connectivity index (χ0) is 14.3. The van der Waals surface area contributed by atoms with E-state index in [0.29, 0.717) is 23.8 Å². The molecule has 1 rings (SSSR count). The number of nitrogens with two attached hydrogens (primary N) is 1. The highest BCUT2D eigenvalue weighted by atomic mass is 16.5. The van der Waals surface area contributed by atoms with E-state index in [1.54, 1.807) is 33.5 Å². The molecule has 0 saturated carbocycles. The number of benzene rings is 1. The molecule has 1 aromatic carbocycles. The van der Waals surface area contributed by atoms with E-state index < -0.39 is 0 Å². The van der Waals surface area contributed by atoms with E-state index >= 15 is 0 Å². The predicted octanol–water partition coefficient (Wildman–Crippen LogP) is 1.36. The lowest BCUT2D eigenvalue weighted by Crippen LogP contribution is -2.16. The molecule has 0 aromatic heterocycles. The molecule has 2 N–H and O–H groups in total. The fourth-order valence-corrected chi connectivity index (χ4v) is 1.74. The van der Waals surface area contributed by atoms with E-state index in [1.807, 2.05) is 0 Å². The van der Waals surface area contributed by atoms with Crippen LogP contribution in [-0.2, 0) is 4.74 Å². The standard InChI is InChI=1S/C14H19NO4/c1-5-6-19-13(9-15)10-7-11(16-2)14(18-4)12(8-10)17-3/h1,7-8,13H,6,9,15H2,2-4H3. The van der Waals surface area contributed by atoms with Crippen LogP contribution in [0.5, 0.6) is 17.2 Å². The van der Waals surface area contributed by atoms with Crippen LogP contribution in [0.4, 0.5) is 0 Å². The Labute approximate surface area is 113 Å². The number of hydrogen-bond donors (Lipinski definition) is 1. The van der Waals surface area contributed by atoms with Gasteiger partial charge in [-0.2, -0.15) is 0 Å². The topological polar surface area (TPSA) is 62.9 Å². The Morgan fingerprint density at radius 3 is 2.11 bits per heavy atom. The molecule has 0 amide bonds. The highest BCUT2D eigenvalue weighted by molar-refractivity contribution is 5.54. The lowest BCUT2D eigenvalue weighted by atomic mass is 10.1. The van der Waals surface area contributed by atoms with Gasteiger partial charge in [-0.1, -0.05) is 5.92 Å². The summed E-state index contributed by atoms with van der Waals surface area (Å²) in [6.45, 7) is 0.499. The molecule has 1 atom stereocenters. The van der Waals surface area contributed by atoms with Gasteiger partial charge in [-0.05, 0) is 17.7 Å². The Morgan fingerprint density at radius 1 is 1.16 bits per heavy atom. The summed E-state index contributed by atoms with van der Waals surface area (Å²) in [5.41, 5.74) is 6.52. The van der Waals surface area contributed by atoms with E-state index in [0.717, 1.165) is 5.56 Å². The summed E-state index contributed by atoms with van der Waals surface area (Å²) in [4.78, 5) is 0. The van der Waals surface area contributed by atoms with Crippen LogP contribution in [0.15, 0.2) is 12.1 Å². The van der Waals surface area contributed by atoms with E-state index in [9.17, 15) is 0 Å². The van der Waals surface area contributed by atoms with Crippen LogP contribution in [0, 0.1) is 12.3 Å². The van der Waals surface area contributed by atoms with Crippen molar-refractivity contribution < 1.29 is 18.9 Å². The number of methoxy groups -OCH3 is 3. The minimum absolute atomic E-state index is 0.193. The first-order chi connectivity index (χ1) is 9.21. The highest BCUT2D eigenvalue weighted by Crippen LogP contribution is 2.40. The van der Waals surface area contributed by atoms with Crippen LogP contribution in [0.1, 0.15) is 11.7 Å². The summed E-state index contributed by atoms with van der Waals surface area (Å²) in [7, 11) is 4.66. The molecular weight excluding hydrogens is 246 g/mol. The van der Waals surface area contributed by atoms with Gasteiger partial charge in [0, 0.05) is 6.54 Å². The van der Waals surface area contributed by atoms with Gasteiger partial charge >= 0.3 is 0 Å². The molecule has 0 saturated heterocycles. The van der Waals surface area contributed by atoms with E-state index in [-0.39, 0.29) is 12.7 Å². The second-order valence-electron chi connectivity index (χ2n) is 3.70. The molecule has 19 heavy (non-hydrogen) atoms. The van der Waals surface area contributed by atoms with Crippen LogP contribution in [0.3, 0.4) is 0 Å². The zero-order valence-electron chi connectivity index (χ0n) is 11.4. The molecule has 5 nitrogen and oxygen atoms in total. The van der Waals surface area contributed by atoms with Crippen molar-refractivity contribution in [3.63, 3.8) is 0 Å². The molecule has 0 heterocycles. The molecule has 0 spiro atoms. The minimum atomic E-state index is -0.315. The molecule has 0 aliphatic heterocycles. The number of ether oxygens (including phenoxy) is 4. The second-order valence-corrected chi connectivity index (χ2v) is 3.70. The molecule has 0 aliphatic rings. The minimum Gasteiger partial charge on any atom is -0.493 e. The van der Waals surface area contributed by atoms with Crippen molar-refractivity contribution in [2.45, 2.75) is 6.10 Å². The Kier molecular flexibility index (Phi) is 6.00. The normalized spacial score (nSPS) is 11.5. The first-order valence-electron chi connectivity index (χ1n) is 5.76. The smallest absolute Gasteiger partial charge is 0.203 e. The number of rotatable bonds is 7. The molecule has 0 aliphatic carbocycles. The second kappa shape index (κ2) is 7.52. The Balaban J connectivity index is 3.17. The Bertz CT molecular complexity index is 428. The van der Waals surface area contributed by atoms with Crippen molar-refractivity contribution in [3.8, 4) is 29.6 Å². The molecule has 1 unspecified atom stereocenters. The third-order valence-corrected chi connectivity index (χ3v) is 2.64. The molecule has 0 bridgehead atoms. The summed E-state index contributed by atoms with van der Waals surface area (Å²) >= 11 is 0. The van der Waals surface area contributed by atoms with Gasteiger partial charge in [-0.15, -0.1) is 6.42 Å². The summed E-state index contributed by atoms with van der Waals surface area (Å²) in [6.07, 6.45) is 4.87. The molecule has 0 fully saturated rings. The van der Waals surface area contributed by atoms with Crippen molar-refractivity contribution in [2.75, 3.05) is 34.5 Å². The van der Waals surface area contributed by atoms with E-state index in [1.165, 1.54) is 0 Å². The first kappa shape index (κ1) is 15.2. The van der Waals surface area contributed by atoms with Gasteiger partial charge in [0.05, 0.1) is 27.4 Å². The largest absolute Gasteiger partial charge is 0.493 e. The van der Waals surface area contributed by atoms with Crippen LogP contribution >= 0.6 is 0 Å². The third-order valence-electron chi connectivity index (χ3n) is 2.64.